The first-order valence-corrected chi connectivity index (χ1v) is 8.98. The molecular formula is C12H15Cl2N3O3S. The lowest BCUT2D eigenvalue weighted by Gasteiger charge is -2.11. The molecule has 1 aromatic rings. The van der Waals surface area contributed by atoms with Crippen LogP contribution in [-0.2, 0) is 14.6 Å². The summed E-state index contributed by atoms with van der Waals surface area (Å²) in [5, 5.41) is 6.51. The van der Waals surface area contributed by atoms with Crippen LogP contribution in [0.1, 0.15) is 6.42 Å². The van der Waals surface area contributed by atoms with Crippen molar-refractivity contribution in [2.24, 2.45) is 5.92 Å². The van der Waals surface area contributed by atoms with Gasteiger partial charge in [0.05, 0.1) is 27.5 Å². The van der Waals surface area contributed by atoms with E-state index in [2.05, 4.69) is 15.6 Å². The van der Waals surface area contributed by atoms with E-state index in [0.29, 0.717) is 35.4 Å². The van der Waals surface area contributed by atoms with Crippen LogP contribution in [0.3, 0.4) is 0 Å². The Kier molecular flexibility index (Phi) is 5.29. The van der Waals surface area contributed by atoms with E-state index >= 15 is 0 Å². The van der Waals surface area contributed by atoms with Crippen molar-refractivity contribution in [2.45, 2.75) is 6.42 Å². The van der Waals surface area contributed by atoms with E-state index < -0.39 is 15.8 Å². The van der Waals surface area contributed by atoms with E-state index in [0.717, 1.165) is 0 Å². The number of amides is 1. The minimum absolute atomic E-state index is 0.0587. The fraction of sp³-hybridized carbons (Fsp3) is 0.500. The lowest BCUT2D eigenvalue weighted by atomic mass is 10.1. The molecule has 0 unspecified atom stereocenters. The van der Waals surface area contributed by atoms with Crippen molar-refractivity contribution in [3.05, 3.63) is 22.3 Å². The third-order valence-electron chi connectivity index (χ3n) is 3.13. The number of nitrogens with one attached hydrogen (secondary N) is 2. The summed E-state index contributed by atoms with van der Waals surface area (Å²) in [6, 6.07) is 1.57. The van der Waals surface area contributed by atoms with Gasteiger partial charge in [0.2, 0.25) is 5.91 Å². The van der Waals surface area contributed by atoms with Crippen molar-refractivity contribution in [1.82, 2.24) is 10.3 Å². The van der Waals surface area contributed by atoms with E-state index in [1.165, 1.54) is 6.20 Å². The van der Waals surface area contributed by atoms with Crippen molar-refractivity contribution in [2.75, 3.05) is 29.9 Å². The van der Waals surface area contributed by atoms with Gasteiger partial charge in [0.25, 0.3) is 0 Å². The van der Waals surface area contributed by atoms with E-state index in [9.17, 15) is 13.2 Å². The van der Waals surface area contributed by atoms with Crippen LogP contribution in [0.5, 0.6) is 0 Å². The molecular weight excluding hydrogens is 337 g/mol. The molecule has 1 saturated heterocycles. The van der Waals surface area contributed by atoms with E-state index in [4.69, 9.17) is 23.2 Å². The summed E-state index contributed by atoms with van der Waals surface area (Å²) in [6.45, 7) is 0.787. The van der Waals surface area contributed by atoms with Crippen molar-refractivity contribution >= 4 is 44.8 Å². The minimum atomic E-state index is -3.04. The lowest BCUT2D eigenvalue weighted by molar-refractivity contribution is -0.124. The second-order valence-electron chi connectivity index (χ2n) is 4.80. The molecule has 0 bridgehead atoms. The first-order chi connectivity index (χ1) is 9.87. The molecule has 0 saturated carbocycles. The summed E-state index contributed by atoms with van der Waals surface area (Å²) in [5.74, 6) is -0.149. The normalized spacial score (nSPS) is 20.2. The predicted molar refractivity (Wildman–Crippen MR) is 82.5 cm³/mol. The molecule has 0 spiro atoms. The summed E-state index contributed by atoms with van der Waals surface area (Å²) < 4.78 is 22.6. The number of carbonyl (C=O) groups is 1. The molecule has 9 heteroatoms. The highest BCUT2D eigenvalue weighted by atomic mass is 35.5. The Hall–Kier alpha value is -1.05. The number of anilines is 1. The summed E-state index contributed by atoms with van der Waals surface area (Å²) >= 11 is 11.7. The summed E-state index contributed by atoms with van der Waals surface area (Å²) in [6.07, 6.45) is 1.86. The van der Waals surface area contributed by atoms with Gasteiger partial charge in [0, 0.05) is 19.3 Å². The molecule has 1 fully saturated rings. The lowest BCUT2D eigenvalue weighted by Crippen LogP contribution is -2.34. The highest BCUT2D eigenvalue weighted by Gasteiger charge is 2.32. The van der Waals surface area contributed by atoms with Crippen LogP contribution in [0.25, 0.3) is 0 Å². The van der Waals surface area contributed by atoms with Crippen LogP contribution in [0.4, 0.5) is 5.82 Å². The number of nitrogens with zero attached hydrogens (tertiary/aromatic N) is 1. The van der Waals surface area contributed by atoms with Gasteiger partial charge in [-0.2, -0.15) is 0 Å². The number of sulfone groups is 1. The van der Waals surface area contributed by atoms with Gasteiger partial charge >= 0.3 is 0 Å². The van der Waals surface area contributed by atoms with Crippen LogP contribution in [0, 0.1) is 5.92 Å². The highest BCUT2D eigenvalue weighted by molar-refractivity contribution is 7.91. The first-order valence-electron chi connectivity index (χ1n) is 6.40. The Morgan fingerprint density at radius 1 is 1.38 bits per heavy atom. The van der Waals surface area contributed by atoms with Crippen LogP contribution < -0.4 is 10.6 Å². The second kappa shape index (κ2) is 6.81. The predicted octanol–water partition coefficient (Wildman–Crippen LogP) is 1.35. The fourth-order valence-corrected chi connectivity index (χ4v) is 4.25. The van der Waals surface area contributed by atoms with Gasteiger partial charge < -0.3 is 10.6 Å². The average Bonchev–Trinajstić information content (AvgIpc) is 2.77. The van der Waals surface area contributed by atoms with Gasteiger partial charge in [0.1, 0.15) is 5.82 Å². The monoisotopic (exact) mass is 351 g/mol. The van der Waals surface area contributed by atoms with Crippen LogP contribution in [-0.4, -0.2) is 43.9 Å². The smallest absolute Gasteiger partial charge is 0.224 e. The summed E-state index contributed by atoms with van der Waals surface area (Å²) in [7, 11) is -3.04. The van der Waals surface area contributed by atoms with E-state index in [1.807, 2.05) is 0 Å². The first kappa shape index (κ1) is 16.3. The van der Waals surface area contributed by atoms with Crippen LogP contribution >= 0.6 is 23.2 Å². The molecule has 0 radical (unpaired) electrons. The Morgan fingerprint density at radius 3 is 2.76 bits per heavy atom. The van der Waals surface area contributed by atoms with E-state index in [1.54, 1.807) is 6.07 Å². The zero-order chi connectivity index (χ0) is 15.5. The third-order valence-corrected chi connectivity index (χ3v) is 5.39. The van der Waals surface area contributed by atoms with Gasteiger partial charge in [0.15, 0.2) is 9.84 Å². The standard InChI is InChI=1S/C12H15Cl2N3O3S/c13-9-5-10(14)11(17-6-9)15-2-3-16-12(18)8-1-4-21(19,20)7-8/h5-6,8H,1-4,7H2,(H,15,17)(H,16,18)/t8-/m1/s1. The molecule has 116 valence electrons. The zero-order valence-electron chi connectivity index (χ0n) is 11.1. The molecule has 1 aliphatic heterocycles. The largest absolute Gasteiger partial charge is 0.367 e. The minimum Gasteiger partial charge on any atom is -0.367 e. The van der Waals surface area contributed by atoms with Gasteiger partial charge in [-0.15, -0.1) is 0 Å². The molecule has 2 N–H and O–H groups in total. The zero-order valence-corrected chi connectivity index (χ0v) is 13.4. The SMILES string of the molecule is O=C(NCCNc1ncc(Cl)cc1Cl)[C@@H]1CCS(=O)(=O)C1. The van der Waals surface area contributed by atoms with Gasteiger partial charge in [-0.3, -0.25) is 4.79 Å². The Balaban J connectivity index is 1.73. The quantitative estimate of drug-likeness (QED) is 0.781. The average molecular weight is 352 g/mol. The fourth-order valence-electron chi connectivity index (χ4n) is 2.06. The summed E-state index contributed by atoms with van der Waals surface area (Å²) in [5.41, 5.74) is 0. The molecule has 0 aliphatic carbocycles. The molecule has 1 atom stereocenters. The third kappa shape index (κ3) is 4.72. The van der Waals surface area contributed by atoms with Crippen molar-refractivity contribution < 1.29 is 13.2 Å². The topological polar surface area (TPSA) is 88.2 Å². The molecule has 0 aromatic carbocycles. The van der Waals surface area contributed by atoms with Crippen LogP contribution in [0.2, 0.25) is 10.0 Å². The molecule has 6 nitrogen and oxygen atoms in total. The van der Waals surface area contributed by atoms with Crippen molar-refractivity contribution in [1.29, 1.82) is 0 Å². The van der Waals surface area contributed by atoms with Crippen molar-refractivity contribution in [3.8, 4) is 0 Å². The van der Waals surface area contributed by atoms with E-state index in [-0.39, 0.29) is 17.4 Å². The number of aromatic nitrogens is 1. The molecule has 1 aliphatic rings. The number of hydrogen-bond acceptors (Lipinski definition) is 5. The second-order valence-corrected chi connectivity index (χ2v) is 7.87. The maximum absolute atomic E-state index is 11.8. The molecule has 21 heavy (non-hydrogen) atoms. The molecule has 1 amide bonds. The number of pyridine rings is 1. The Morgan fingerprint density at radius 2 is 2.14 bits per heavy atom. The van der Waals surface area contributed by atoms with Crippen molar-refractivity contribution in [3.63, 3.8) is 0 Å². The maximum atomic E-state index is 11.8. The number of rotatable bonds is 5. The maximum Gasteiger partial charge on any atom is 0.224 e. The van der Waals surface area contributed by atoms with Gasteiger partial charge in [-0.1, -0.05) is 23.2 Å². The summed E-state index contributed by atoms with van der Waals surface area (Å²) in [4.78, 5) is 15.8. The molecule has 2 rings (SSSR count). The number of carbonyl (C=O) groups excluding carboxylic acids is 1. The Labute approximate surface area is 133 Å². The van der Waals surface area contributed by atoms with Gasteiger partial charge in [-0.25, -0.2) is 13.4 Å². The molecule has 1 aromatic heterocycles. The number of halogens is 2. The van der Waals surface area contributed by atoms with Gasteiger partial charge in [-0.05, 0) is 12.5 Å². The Bertz CT molecular complexity index is 637. The number of hydrogen-bond donors (Lipinski definition) is 2. The highest BCUT2D eigenvalue weighted by Crippen LogP contribution is 2.22. The molecule has 2 heterocycles. The van der Waals surface area contributed by atoms with Crippen LogP contribution in [0.15, 0.2) is 12.3 Å².